The predicted molar refractivity (Wildman–Crippen MR) is 104 cm³/mol. The Bertz CT molecular complexity index is 1020. The fourth-order valence-corrected chi connectivity index (χ4v) is 7.03. The maximum atomic E-state index is 14.3. The van der Waals surface area contributed by atoms with Crippen molar-refractivity contribution in [2.75, 3.05) is 6.61 Å². The summed E-state index contributed by atoms with van der Waals surface area (Å²) in [5.41, 5.74) is 1.37. The zero-order valence-electron chi connectivity index (χ0n) is 14.5. The van der Waals surface area contributed by atoms with Gasteiger partial charge in [0, 0.05) is 15.4 Å². The van der Waals surface area contributed by atoms with Crippen molar-refractivity contribution in [2.45, 2.75) is 31.3 Å². The van der Waals surface area contributed by atoms with Gasteiger partial charge in [0.05, 0.1) is 11.3 Å². The minimum atomic E-state index is -5.74. The lowest BCUT2D eigenvalue weighted by atomic mass is 9.43. The topological polar surface area (TPSA) is 110 Å². The summed E-state index contributed by atoms with van der Waals surface area (Å²) in [4.78, 5) is 29.0. The highest BCUT2D eigenvalue weighted by atomic mass is 79.9. The van der Waals surface area contributed by atoms with Crippen LogP contribution in [0.1, 0.15) is 40.9 Å². The Morgan fingerprint density at radius 1 is 1.39 bits per heavy atom. The van der Waals surface area contributed by atoms with Gasteiger partial charge in [-0.15, -0.1) is 11.3 Å². The van der Waals surface area contributed by atoms with E-state index in [4.69, 9.17) is 20.3 Å². The van der Waals surface area contributed by atoms with Crippen molar-refractivity contribution in [3.63, 3.8) is 0 Å². The average molecular weight is 496 g/mol. The van der Waals surface area contributed by atoms with Crippen LogP contribution in [0.15, 0.2) is 16.6 Å². The minimum absolute atomic E-state index is 0.0672. The molecule has 6 nitrogen and oxygen atoms in total. The van der Waals surface area contributed by atoms with Crippen molar-refractivity contribution in [3.8, 4) is 5.75 Å². The highest BCUT2D eigenvalue weighted by Gasteiger charge is 2.56. The minimum Gasteiger partial charge on any atom is -0.492 e. The van der Waals surface area contributed by atoms with E-state index in [1.54, 1.807) is 0 Å². The molecule has 0 atom stereocenters. The largest absolute Gasteiger partial charge is 0.492 e. The molecule has 3 aliphatic carbocycles. The van der Waals surface area contributed by atoms with Gasteiger partial charge >= 0.3 is 13.3 Å². The normalized spacial score (nSPS) is 24.0. The van der Waals surface area contributed by atoms with Crippen LogP contribution in [-0.2, 0) is 10.2 Å². The third kappa shape index (κ3) is 3.10. The molecule has 0 unspecified atom stereocenters. The number of benzene rings is 1. The van der Waals surface area contributed by atoms with E-state index in [-0.39, 0.29) is 25.9 Å². The molecule has 0 radical (unpaired) electrons. The molecule has 3 saturated carbocycles. The first-order chi connectivity index (χ1) is 12.9. The smallest absolute Gasteiger partial charge is 0.400 e. The summed E-state index contributed by atoms with van der Waals surface area (Å²) in [7, 11) is -5.74. The van der Waals surface area contributed by atoms with Crippen LogP contribution in [0.3, 0.4) is 0 Å². The first-order valence-corrected chi connectivity index (χ1v) is 11.8. The number of hydrogen-bond acceptors (Lipinski definition) is 4. The van der Waals surface area contributed by atoms with Crippen molar-refractivity contribution in [2.24, 2.45) is 17.1 Å². The Morgan fingerprint density at radius 2 is 2.04 bits per heavy atom. The molecule has 5 rings (SSSR count). The maximum absolute atomic E-state index is 14.3. The number of hydrogen-bond donors (Lipinski definition) is 3. The molecule has 0 spiro atoms. The molecular formula is C17H17BrF2NO5PS. The highest BCUT2D eigenvalue weighted by Crippen LogP contribution is 2.66. The summed E-state index contributed by atoms with van der Waals surface area (Å²) in [5, 5.41) is 0.199. The highest BCUT2D eigenvalue weighted by molar-refractivity contribution is 9.10. The summed E-state index contributed by atoms with van der Waals surface area (Å²) in [6.45, 7) is 0.365. The van der Waals surface area contributed by atoms with Crippen molar-refractivity contribution in [1.29, 1.82) is 0 Å². The number of alkyl halides is 2. The van der Waals surface area contributed by atoms with Gasteiger partial charge in [-0.25, -0.2) is 0 Å². The van der Waals surface area contributed by atoms with E-state index in [1.165, 1.54) is 31.4 Å². The quantitative estimate of drug-likeness (QED) is 0.487. The number of primary amides is 1. The van der Waals surface area contributed by atoms with Crippen molar-refractivity contribution in [3.05, 3.63) is 27.0 Å². The number of halogens is 3. The third-order valence-corrected chi connectivity index (χ3v) is 9.16. The van der Waals surface area contributed by atoms with Gasteiger partial charge in [-0.2, -0.15) is 8.78 Å². The number of rotatable bonds is 7. The SMILES string of the molecule is NC(=O)c1cc(OCCC23CC(C2)C3)c2sc(C(F)(F)P(=O)(O)O)c(Br)c2c1. The van der Waals surface area contributed by atoms with Crippen LogP contribution in [0.5, 0.6) is 5.75 Å². The fraction of sp³-hybridized carbons (Fsp3) is 0.471. The van der Waals surface area contributed by atoms with Gasteiger partial charge in [0.15, 0.2) is 0 Å². The zero-order valence-corrected chi connectivity index (χ0v) is 17.8. The molecule has 152 valence electrons. The van der Waals surface area contributed by atoms with E-state index < -0.39 is 24.0 Å². The Hall–Kier alpha value is -1.06. The molecule has 1 aromatic heterocycles. The zero-order chi connectivity index (χ0) is 20.5. The molecule has 11 heteroatoms. The second-order valence-corrected chi connectivity index (χ2v) is 11.1. The molecule has 2 aromatic rings. The molecule has 28 heavy (non-hydrogen) atoms. The van der Waals surface area contributed by atoms with E-state index in [0.29, 0.717) is 23.4 Å². The Kier molecular flexibility index (Phi) is 4.67. The Balaban J connectivity index is 1.73. The molecule has 2 bridgehead atoms. The standard InChI is InChI=1S/C17H17BrF2NO5PS/c18-12-10-3-9(15(21)22)4-11(26-2-1-16-5-8(6-16)7-16)13(10)28-14(12)17(19,20)27(23,24)25/h3-4,8H,1-2,5-7H2,(H2,21,22)(H2,23,24,25). The van der Waals surface area contributed by atoms with Crippen LogP contribution in [-0.4, -0.2) is 22.3 Å². The van der Waals surface area contributed by atoms with Gasteiger partial charge in [-0.05, 0) is 65.1 Å². The third-order valence-electron chi connectivity index (χ3n) is 5.67. The number of carbonyl (C=O) groups is 1. The molecule has 0 aliphatic heterocycles. The van der Waals surface area contributed by atoms with Gasteiger partial charge in [-0.1, -0.05) is 0 Å². The molecular weight excluding hydrogens is 479 g/mol. The summed E-state index contributed by atoms with van der Waals surface area (Å²) in [5.74, 6) is 0.277. The van der Waals surface area contributed by atoms with Crippen molar-refractivity contribution in [1.82, 2.24) is 0 Å². The van der Waals surface area contributed by atoms with Crippen LogP contribution >= 0.6 is 34.9 Å². The Labute approximate surface area is 171 Å². The first-order valence-electron chi connectivity index (χ1n) is 8.56. The number of thiophene rings is 1. The number of ether oxygens (including phenoxy) is 1. The lowest BCUT2D eigenvalue weighted by Crippen LogP contribution is -2.52. The number of amides is 1. The van der Waals surface area contributed by atoms with Crippen LogP contribution in [0.4, 0.5) is 8.78 Å². The van der Waals surface area contributed by atoms with Gasteiger partial charge in [0.2, 0.25) is 5.91 Å². The summed E-state index contributed by atoms with van der Waals surface area (Å²) < 4.78 is 45.8. The van der Waals surface area contributed by atoms with Crippen LogP contribution in [0.2, 0.25) is 0 Å². The van der Waals surface area contributed by atoms with E-state index in [1.807, 2.05) is 0 Å². The second-order valence-electron chi connectivity index (χ2n) is 7.62. The van der Waals surface area contributed by atoms with Gasteiger partial charge < -0.3 is 20.3 Å². The van der Waals surface area contributed by atoms with Crippen molar-refractivity contribution < 1.29 is 32.7 Å². The fourth-order valence-electron chi connectivity index (χ4n) is 4.06. The number of nitrogens with two attached hydrogens (primary N) is 1. The number of carbonyl (C=O) groups excluding carboxylic acids is 1. The molecule has 1 heterocycles. The molecule has 4 N–H and O–H groups in total. The summed E-state index contributed by atoms with van der Waals surface area (Å²) in [6, 6.07) is 2.69. The monoisotopic (exact) mass is 495 g/mol. The predicted octanol–water partition coefficient (Wildman–Crippen LogP) is 4.56. The van der Waals surface area contributed by atoms with E-state index >= 15 is 0 Å². The van der Waals surface area contributed by atoms with Crippen LogP contribution in [0.25, 0.3) is 10.1 Å². The number of fused-ring (bicyclic) bond motifs is 1. The first kappa shape index (κ1) is 20.2. The Morgan fingerprint density at radius 3 is 2.54 bits per heavy atom. The lowest BCUT2D eigenvalue weighted by Gasteiger charge is -2.62. The second kappa shape index (κ2) is 6.47. The summed E-state index contributed by atoms with van der Waals surface area (Å²) >= 11 is 3.53. The molecule has 1 aromatic carbocycles. The molecule has 3 aliphatic rings. The lowest BCUT2D eigenvalue weighted by molar-refractivity contribution is -0.117. The van der Waals surface area contributed by atoms with Crippen molar-refractivity contribution >= 4 is 50.9 Å². The van der Waals surface area contributed by atoms with Crippen LogP contribution < -0.4 is 10.5 Å². The van der Waals surface area contributed by atoms with E-state index in [9.17, 15) is 18.1 Å². The molecule has 0 saturated heterocycles. The maximum Gasteiger partial charge on any atom is 0.400 e. The van der Waals surface area contributed by atoms with Gasteiger partial charge in [-0.3, -0.25) is 9.36 Å². The molecule has 1 amide bonds. The van der Waals surface area contributed by atoms with E-state index in [0.717, 1.165) is 12.3 Å². The summed E-state index contributed by atoms with van der Waals surface area (Å²) in [6.07, 6.45) is 4.41. The molecule has 3 fully saturated rings. The van der Waals surface area contributed by atoms with Gasteiger partial charge in [0.1, 0.15) is 10.6 Å². The van der Waals surface area contributed by atoms with E-state index in [2.05, 4.69) is 15.9 Å². The van der Waals surface area contributed by atoms with Crippen LogP contribution in [0, 0.1) is 11.3 Å². The average Bonchev–Trinajstić information content (AvgIpc) is 2.85. The van der Waals surface area contributed by atoms with Gasteiger partial charge in [0.25, 0.3) is 0 Å².